The van der Waals surface area contributed by atoms with Crippen LogP contribution in [0, 0.1) is 0 Å². The number of aromatic nitrogens is 1. The standard InChI is InChI=1S/C29H35N5O3/c1-31-14-16-32(17-15-31)12-5-13-33-19-26(35)34-25(29(33)36)18-23-22-6-3-4-7-24(22)30-27(23)28(34)20-8-10-21(37-2)11-9-20/h3-4,6-11,25,28,30H,5,12-19H2,1-2H3/t25-,28+/m1/s1. The molecule has 0 spiro atoms. The third kappa shape index (κ3) is 4.38. The van der Waals surface area contributed by atoms with Gasteiger partial charge in [-0.2, -0.15) is 0 Å². The van der Waals surface area contributed by atoms with E-state index in [1.165, 1.54) is 0 Å². The third-order valence-electron chi connectivity index (χ3n) is 8.27. The van der Waals surface area contributed by atoms with E-state index in [1.807, 2.05) is 41.3 Å². The first-order valence-corrected chi connectivity index (χ1v) is 13.3. The molecular formula is C29H35N5O3. The zero-order chi connectivity index (χ0) is 25.5. The molecule has 194 valence electrons. The Balaban J connectivity index is 1.28. The van der Waals surface area contributed by atoms with Crippen molar-refractivity contribution in [3.8, 4) is 5.75 Å². The van der Waals surface area contributed by atoms with Gasteiger partial charge < -0.3 is 29.3 Å². The number of amides is 2. The van der Waals surface area contributed by atoms with Crippen LogP contribution in [-0.2, 0) is 16.0 Å². The van der Waals surface area contributed by atoms with Crippen LogP contribution >= 0.6 is 0 Å². The molecule has 8 heteroatoms. The molecule has 0 saturated carbocycles. The number of para-hydroxylation sites is 1. The average Bonchev–Trinajstić information content (AvgIpc) is 3.30. The minimum Gasteiger partial charge on any atom is -0.497 e. The van der Waals surface area contributed by atoms with Crippen molar-refractivity contribution in [2.45, 2.75) is 24.9 Å². The topological polar surface area (TPSA) is 72.1 Å². The number of nitrogens with one attached hydrogen (secondary N) is 1. The number of carbonyl (C=O) groups is 2. The molecular weight excluding hydrogens is 466 g/mol. The Bertz CT molecular complexity index is 1290. The molecule has 1 N–H and O–H groups in total. The van der Waals surface area contributed by atoms with Crippen LogP contribution in [0.5, 0.6) is 5.75 Å². The van der Waals surface area contributed by atoms with Gasteiger partial charge in [0.2, 0.25) is 11.8 Å². The van der Waals surface area contributed by atoms with Crippen molar-refractivity contribution >= 4 is 22.7 Å². The summed E-state index contributed by atoms with van der Waals surface area (Å²) in [4.78, 5) is 39.6. The van der Waals surface area contributed by atoms with E-state index in [0.29, 0.717) is 13.0 Å². The van der Waals surface area contributed by atoms with Gasteiger partial charge in [-0.25, -0.2) is 0 Å². The lowest BCUT2D eigenvalue weighted by atomic mass is 9.86. The fraction of sp³-hybridized carbons (Fsp3) is 0.448. The summed E-state index contributed by atoms with van der Waals surface area (Å²) < 4.78 is 5.36. The molecule has 0 unspecified atom stereocenters. The van der Waals surface area contributed by atoms with Gasteiger partial charge in [-0.05, 0) is 49.3 Å². The summed E-state index contributed by atoms with van der Waals surface area (Å²) in [6.07, 6.45) is 1.42. The second-order valence-electron chi connectivity index (χ2n) is 10.5. The third-order valence-corrected chi connectivity index (χ3v) is 8.27. The molecule has 2 atom stereocenters. The summed E-state index contributed by atoms with van der Waals surface area (Å²) in [5.41, 5.74) is 4.16. The van der Waals surface area contributed by atoms with Gasteiger partial charge in [-0.3, -0.25) is 9.59 Å². The number of piperazine rings is 2. The molecule has 1 aromatic heterocycles. The number of fused-ring (bicyclic) bond motifs is 4. The summed E-state index contributed by atoms with van der Waals surface area (Å²) in [7, 11) is 3.80. The van der Waals surface area contributed by atoms with Crippen LogP contribution < -0.4 is 4.74 Å². The van der Waals surface area contributed by atoms with Gasteiger partial charge in [0.1, 0.15) is 11.8 Å². The number of hydrogen-bond donors (Lipinski definition) is 1. The Morgan fingerprint density at radius 3 is 2.49 bits per heavy atom. The lowest BCUT2D eigenvalue weighted by Gasteiger charge is -2.47. The van der Waals surface area contributed by atoms with Gasteiger partial charge >= 0.3 is 0 Å². The average molecular weight is 502 g/mol. The summed E-state index contributed by atoms with van der Waals surface area (Å²) in [5.74, 6) is 0.835. The Hall–Kier alpha value is -3.36. The second kappa shape index (κ2) is 9.84. The predicted molar refractivity (Wildman–Crippen MR) is 143 cm³/mol. The minimum absolute atomic E-state index is 0.00863. The maximum atomic E-state index is 13.9. The van der Waals surface area contributed by atoms with E-state index < -0.39 is 6.04 Å². The number of ether oxygens (including phenoxy) is 1. The lowest BCUT2D eigenvalue weighted by molar-refractivity contribution is -0.158. The number of hydrogen-bond acceptors (Lipinski definition) is 5. The zero-order valence-corrected chi connectivity index (χ0v) is 21.7. The molecule has 2 aromatic carbocycles. The molecule has 0 radical (unpaired) electrons. The maximum Gasteiger partial charge on any atom is 0.246 e. The van der Waals surface area contributed by atoms with Crippen LogP contribution in [0.4, 0.5) is 0 Å². The smallest absolute Gasteiger partial charge is 0.246 e. The van der Waals surface area contributed by atoms with Crippen LogP contribution in [0.15, 0.2) is 48.5 Å². The number of benzene rings is 2. The highest BCUT2D eigenvalue weighted by molar-refractivity contribution is 5.97. The fourth-order valence-electron chi connectivity index (χ4n) is 6.20. The highest BCUT2D eigenvalue weighted by Gasteiger charge is 2.48. The SMILES string of the molecule is COc1ccc([C@H]2c3[nH]c4ccccc4c3C[C@@H]3C(=O)N(CCCN4CCN(C)CC4)CC(=O)N23)cc1. The molecule has 37 heavy (non-hydrogen) atoms. The van der Waals surface area contributed by atoms with E-state index in [4.69, 9.17) is 4.74 Å². The molecule has 8 nitrogen and oxygen atoms in total. The Morgan fingerprint density at radius 1 is 0.973 bits per heavy atom. The van der Waals surface area contributed by atoms with Crippen LogP contribution in [0.2, 0.25) is 0 Å². The maximum absolute atomic E-state index is 13.9. The van der Waals surface area contributed by atoms with E-state index in [-0.39, 0.29) is 24.4 Å². The van der Waals surface area contributed by atoms with Gasteiger partial charge in [0, 0.05) is 55.7 Å². The van der Waals surface area contributed by atoms with Crippen LogP contribution in [0.1, 0.15) is 29.3 Å². The largest absolute Gasteiger partial charge is 0.497 e. The highest BCUT2D eigenvalue weighted by Crippen LogP contribution is 2.42. The highest BCUT2D eigenvalue weighted by atomic mass is 16.5. The van der Waals surface area contributed by atoms with E-state index in [9.17, 15) is 9.59 Å². The molecule has 2 saturated heterocycles. The van der Waals surface area contributed by atoms with E-state index in [0.717, 1.165) is 72.6 Å². The molecule has 3 aromatic rings. The van der Waals surface area contributed by atoms with Crippen molar-refractivity contribution in [3.05, 3.63) is 65.4 Å². The van der Waals surface area contributed by atoms with Crippen molar-refractivity contribution in [3.63, 3.8) is 0 Å². The summed E-state index contributed by atoms with van der Waals surface area (Å²) in [5, 5.41) is 1.13. The number of carbonyl (C=O) groups excluding carboxylic acids is 2. The fourth-order valence-corrected chi connectivity index (χ4v) is 6.20. The minimum atomic E-state index is -0.497. The number of aromatic amines is 1. The van der Waals surface area contributed by atoms with Crippen molar-refractivity contribution in [2.75, 3.05) is 60.0 Å². The molecule has 4 heterocycles. The Kier molecular flexibility index (Phi) is 6.38. The number of H-pyrrole nitrogens is 1. The second-order valence-corrected chi connectivity index (χ2v) is 10.5. The van der Waals surface area contributed by atoms with Crippen molar-refractivity contribution in [1.82, 2.24) is 24.6 Å². The molecule has 0 aliphatic carbocycles. The van der Waals surface area contributed by atoms with Gasteiger partial charge in [0.25, 0.3) is 0 Å². The first-order valence-electron chi connectivity index (χ1n) is 13.3. The summed E-state index contributed by atoms with van der Waals surface area (Å²) in [6.45, 7) is 6.01. The lowest BCUT2D eigenvalue weighted by Crippen LogP contribution is -2.63. The number of nitrogens with zero attached hydrogens (tertiary/aromatic N) is 4. The zero-order valence-electron chi connectivity index (χ0n) is 21.7. The molecule has 2 amide bonds. The van der Waals surface area contributed by atoms with Crippen LogP contribution in [0.25, 0.3) is 10.9 Å². The summed E-state index contributed by atoms with van der Waals surface area (Å²) in [6, 6.07) is 15.2. The molecule has 6 rings (SSSR count). The van der Waals surface area contributed by atoms with Gasteiger partial charge in [-0.1, -0.05) is 30.3 Å². The molecule has 0 bridgehead atoms. The predicted octanol–water partition coefficient (Wildman–Crippen LogP) is 2.50. The first kappa shape index (κ1) is 24.0. The molecule has 3 aliphatic rings. The summed E-state index contributed by atoms with van der Waals surface area (Å²) >= 11 is 0. The van der Waals surface area contributed by atoms with Crippen molar-refractivity contribution in [1.29, 1.82) is 0 Å². The Morgan fingerprint density at radius 2 is 1.73 bits per heavy atom. The van der Waals surface area contributed by atoms with Gasteiger partial charge in [-0.15, -0.1) is 0 Å². The monoisotopic (exact) mass is 501 g/mol. The number of likely N-dealkylation sites (N-methyl/N-ethyl adjacent to an activating group) is 1. The van der Waals surface area contributed by atoms with Gasteiger partial charge in [0.15, 0.2) is 0 Å². The number of methoxy groups -OCH3 is 1. The van der Waals surface area contributed by atoms with E-state index >= 15 is 0 Å². The molecule has 2 fully saturated rings. The van der Waals surface area contributed by atoms with Crippen molar-refractivity contribution in [2.24, 2.45) is 0 Å². The molecule has 3 aliphatic heterocycles. The number of rotatable bonds is 6. The van der Waals surface area contributed by atoms with E-state index in [1.54, 1.807) is 12.0 Å². The normalized spacial score (nSPS) is 22.9. The van der Waals surface area contributed by atoms with Gasteiger partial charge in [0.05, 0.1) is 19.7 Å². The van der Waals surface area contributed by atoms with E-state index in [2.05, 4.69) is 34.0 Å². The van der Waals surface area contributed by atoms with Crippen LogP contribution in [-0.4, -0.2) is 102 Å². The first-order chi connectivity index (χ1) is 18.0. The van der Waals surface area contributed by atoms with Crippen LogP contribution in [0.3, 0.4) is 0 Å². The van der Waals surface area contributed by atoms with Crippen molar-refractivity contribution < 1.29 is 14.3 Å². The quantitative estimate of drug-likeness (QED) is 0.562. The Labute approximate surface area is 217 Å².